The highest BCUT2D eigenvalue weighted by atomic mass is 16.7. The number of rotatable bonds is 11. The number of ether oxygens (including phenoxy) is 3. The number of carboxylic acids is 1. The molecule has 0 saturated carbocycles. The number of aryl methyl sites for hydroxylation is 2. The number of carbonyl (C=O) groups is 2. The summed E-state index contributed by atoms with van der Waals surface area (Å²) in [4.78, 5) is 28.1. The number of β-amino-alcohol motifs (C(OH)–C–C–N with tert-alkyl or cyclic N) is 1. The van der Waals surface area contributed by atoms with E-state index in [0.717, 1.165) is 16.8 Å². The molecule has 0 bridgehead atoms. The van der Waals surface area contributed by atoms with Crippen molar-refractivity contribution in [2.24, 2.45) is 0 Å². The van der Waals surface area contributed by atoms with Gasteiger partial charge in [0.1, 0.15) is 31.0 Å². The van der Waals surface area contributed by atoms with E-state index < -0.39 is 42.8 Å². The number of para-hydroxylation sites is 3. The monoisotopic (exact) mass is 589 g/mol. The van der Waals surface area contributed by atoms with Crippen molar-refractivity contribution in [2.45, 2.75) is 50.7 Å². The topological polar surface area (TPSA) is 181 Å². The largest absolute Gasteiger partial charge is 0.487 e. The molecular weight excluding hydrogens is 550 g/mol. The highest BCUT2D eigenvalue weighted by molar-refractivity contribution is 5.93. The summed E-state index contributed by atoms with van der Waals surface area (Å²) >= 11 is 0. The standard InChI is InChI=1S/C29H39N3O10/c1-17-6-5-7-18(2)23(17)30-22(34)15-32-12-10-31(11-13-32)14-19(33)16-40-20-8-3-4-9-21(20)41-29-26(37)24(35)25(36)27(42-29)28(38)39/h3-9,19,24-27,29,33,35-37H,10-16H2,1-2H3,(H,30,34)(H,38,39)/t19-,24-,25-,26+,27-,29+/m1/s1. The van der Waals surface area contributed by atoms with Gasteiger partial charge < -0.3 is 45.1 Å². The summed E-state index contributed by atoms with van der Waals surface area (Å²) < 4.78 is 16.5. The fourth-order valence-electron chi connectivity index (χ4n) is 5.00. The SMILES string of the molecule is Cc1cccc(C)c1NC(=O)CN1CCN(C[C@@H](O)COc2ccccc2O[C@H]2O[C@@H](C(=O)O)[C@H](O)[C@@H](O)[C@@H]2O)CC1. The van der Waals surface area contributed by atoms with E-state index in [2.05, 4.69) is 15.1 Å². The summed E-state index contributed by atoms with van der Waals surface area (Å²) in [7, 11) is 0. The number of aliphatic carboxylic acids is 1. The molecule has 2 aromatic carbocycles. The van der Waals surface area contributed by atoms with Crippen LogP contribution < -0.4 is 14.8 Å². The molecule has 6 atom stereocenters. The van der Waals surface area contributed by atoms with Crippen LogP contribution in [0.5, 0.6) is 11.5 Å². The number of carbonyl (C=O) groups excluding carboxylic acids is 1. The molecule has 2 fully saturated rings. The van der Waals surface area contributed by atoms with Gasteiger partial charge in [-0.2, -0.15) is 0 Å². The zero-order chi connectivity index (χ0) is 30.4. The Morgan fingerprint density at radius 2 is 1.55 bits per heavy atom. The van der Waals surface area contributed by atoms with Crippen molar-refractivity contribution in [3.05, 3.63) is 53.6 Å². The number of aliphatic hydroxyl groups excluding tert-OH is 4. The Morgan fingerprint density at radius 1 is 0.929 bits per heavy atom. The summed E-state index contributed by atoms with van der Waals surface area (Å²) in [5, 5.41) is 53.1. The number of carboxylic acid groups (broad SMARTS) is 1. The van der Waals surface area contributed by atoms with Crippen molar-refractivity contribution in [3.63, 3.8) is 0 Å². The number of aliphatic hydroxyl groups is 4. The van der Waals surface area contributed by atoms with E-state index in [1.54, 1.807) is 18.2 Å². The van der Waals surface area contributed by atoms with Gasteiger partial charge in [0.15, 0.2) is 17.6 Å². The van der Waals surface area contributed by atoms with Crippen molar-refractivity contribution < 1.29 is 49.3 Å². The molecule has 0 aromatic heterocycles. The first-order valence-electron chi connectivity index (χ1n) is 13.8. The van der Waals surface area contributed by atoms with E-state index in [4.69, 9.17) is 14.2 Å². The maximum atomic E-state index is 12.6. The van der Waals surface area contributed by atoms with Gasteiger partial charge in [-0.3, -0.25) is 14.6 Å². The first kappa shape index (κ1) is 31.6. The second kappa shape index (κ2) is 14.2. The molecule has 1 amide bonds. The smallest absolute Gasteiger partial charge is 0.335 e. The molecule has 2 aliphatic rings. The van der Waals surface area contributed by atoms with Crippen LogP contribution in [0.2, 0.25) is 0 Å². The molecule has 0 unspecified atom stereocenters. The van der Waals surface area contributed by atoms with Crippen LogP contribution in [-0.2, 0) is 14.3 Å². The summed E-state index contributed by atoms with van der Waals surface area (Å²) in [6, 6.07) is 12.2. The van der Waals surface area contributed by atoms with E-state index in [-0.39, 0.29) is 30.6 Å². The molecule has 42 heavy (non-hydrogen) atoms. The number of anilines is 1. The Balaban J connectivity index is 1.23. The van der Waals surface area contributed by atoms with Crippen LogP contribution in [-0.4, -0.2) is 130 Å². The predicted octanol–water partition coefficient (Wildman–Crippen LogP) is -0.430. The lowest BCUT2D eigenvalue weighted by Crippen LogP contribution is -2.61. The lowest BCUT2D eigenvalue weighted by atomic mass is 9.99. The van der Waals surface area contributed by atoms with E-state index >= 15 is 0 Å². The summed E-state index contributed by atoms with van der Waals surface area (Å²) in [6.07, 6.45) is -9.58. The van der Waals surface area contributed by atoms with Crippen molar-refractivity contribution in [2.75, 3.05) is 51.2 Å². The summed E-state index contributed by atoms with van der Waals surface area (Å²) in [5.41, 5.74) is 2.88. The molecule has 2 heterocycles. The fraction of sp³-hybridized carbons (Fsp3) is 0.517. The maximum absolute atomic E-state index is 12.6. The number of piperazine rings is 1. The van der Waals surface area contributed by atoms with Crippen LogP contribution in [0, 0.1) is 13.8 Å². The molecule has 0 spiro atoms. The third kappa shape index (κ3) is 7.95. The van der Waals surface area contributed by atoms with Crippen molar-refractivity contribution >= 4 is 17.6 Å². The van der Waals surface area contributed by atoms with Gasteiger partial charge in [0.25, 0.3) is 0 Å². The molecule has 2 aromatic rings. The molecule has 0 aliphatic carbocycles. The quantitative estimate of drug-likeness (QED) is 0.199. The zero-order valence-electron chi connectivity index (χ0n) is 23.6. The number of amides is 1. The van der Waals surface area contributed by atoms with Crippen LogP contribution in [0.4, 0.5) is 5.69 Å². The van der Waals surface area contributed by atoms with Crippen LogP contribution in [0.1, 0.15) is 11.1 Å². The van der Waals surface area contributed by atoms with Crippen molar-refractivity contribution in [1.82, 2.24) is 9.80 Å². The van der Waals surface area contributed by atoms with Gasteiger partial charge in [-0.15, -0.1) is 0 Å². The summed E-state index contributed by atoms with van der Waals surface area (Å²) in [6.45, 7) is 7.17. The Morgan fingerprint density at radius 3 is 2.19 bits per heavy atom. The van der Waals surface area contributed by atoms with Crippen molar-refractivity contribution in [1.29, 1.82) is 0 Å². The lowest BCUT2D eigenvalue weighted by molar-refractivity contribution is -0.271. The Bertz CT molecular complexity index is 1200. The summed E-state index contributed by atoms with van der Waals surface area (Å²) in [5.74, 6) is -1.28. The molecule has 230 valence electrons. The predicted molar refractivity (Wildman–Crippen MR) is 150 cm³/mol. The molecule has 13 nitrogen and oxygen atoms in total. The Kier molecular flexibility index (Phi) is 10.7. The third-order valence-electron chi connectivity index (χ3n) is 7.38. The fourth-order valence-corrected chi connectivity index (χ4v) is 5.00. The molecule has 2 aliphatic heterocycles. The van der Waals surface area contributed by atoms with E-state index in [0.29, 0.717) is 32.7 Å². The van der Waals surface area contributed by atoms with Gasteiger partial charge in [0, 0.05) is 38.4 Å². The molecule has 13 heteroatoms. The maximum Gasteiger partial charge on any atom is 0.335 e. The number of hydrogen-bond donors (Lipinski definition) is 6. The van der Waals surface area contributed by atoms with Crippen LogP contribution in [0.3, 0.4) is 0 Å². The minimum Gasteiger partial charge on any atom is -0.487 e. The average Bonchev–Trinajstić information content (AvgIpc) is 2.95. The van der Waals surface area contributed by atoms with Gasteiger partial charge >= 0.3 is 5.97 Å². The number of benzene rings is 2. The van der Waals surface area contributed by atoms with Crippen LogP contribution in [0.15, 0.2) is 42.5 Å². The van der Waals surface area contributed by atoms with Crippen molar-refractivity contribution in [3.8, 4) is 11.5 Å². The molecule has 0 radical (unpaired) electrons. The molecule has 4 rings (SSSR count). The first-order valence-corrected chi connectivity index (χ1v) is 13.8. The Hall–Kier alpha value is -3.30. The minimum absolute atomic E-state index is 0.0644. The van der Waals surface area contributed by atoms with E-state index in [1.165, 1.54) is 6.07 Å². The highest BCUT2D eigenvalue weighted by Crippen LogP contribution is 2.31. The van der Waals surface area contributed by atoms with E-state index in [9.17, 15) is 35.1 Å². The minimum atomic E-state index is -1.83. The average molecular weight is 590 g/mol. The van der Waals surface area contributed by atoms with E-state index in [1.807, 2.05) is 32.0 Å². The normalized spacial score (nSPS) is 25.9. The zero-order valence-corrected chi connectivity index (χ0v) is 23.6. The number of nitrogens with one attached hydrogen (secondary N) is 1. The van der Waals surface area contributed by atoms with Gasteiger partial charge in [-0.25, -0.2) is 4.79 Å². The highest BCUT2D eigenvalue weighted by Gasteiger charge is 2.48. The molecule has 2 saturated heterocycles. The van der Waals surface area contributed by atoms with Gasteiger partial charge in [-0.1, -0.05) is 30.3 Å². The lowest BCUT2D eigenvalue weighted by Gasteiger charge is -2.38. The molecular formula is C29H39N3O10. The van der Waals surface area contributed by atoms with Crippen LogP contribution in [0.25, 0.3) is 0 Å². The number of hydrogen-bond acceptors (Lipinski definition) is 11. The second-order valence-corrected chi connectivity index (χ2v) is 10.7. The molecule has 6 N–H and O–H groups in total. The van der Waals surface area contributed by atoms with Gasteiger partial charge in [-0.05, 0) is 37.1 Å². The van der Waals surface area contributed by atoms with Crippen LogP contribution >= 0.6 is 0 Å². The number of nitrogens with zero attached hydrogens (tertiary/aromatic N) is 2. The Labute approximate surface area is 243 Å². The second-order valence-electron chi connectivity index (χ2n) is 10.7. The van der Waals surface area contributed by atoms with Gasteiger partial charge in [0.05, 0.1) is 6.54 Å². The van der Waals surface area contributed by atoms with Gasteiger partial charge in [0.2, 0.25) is 12.2 Å². The third-order valence-corrected chi connectivity index (χ3v) is 7.38. The first-order chi connectivity index (χ1) is 20.0.